The third-order valence-corrected chi connectivity index (χ3v) is 8.02. The van der Waals surface area contributed by atoms with Gasteiger partial charge in [0.2, 0.25) is 0 Å². The molecule has 0 aliphatic rings. The van der Waals surface area contributed by atoms with E-state index in [1.807, 2.05) is 42.5 Å². The van der Waals surface area contributed by atoms with Crippen LogP contribution in [-0.2, 0) is 0 Å². The molecule has 0 amide bonds. The molecule has 0 bridgehead atoms. The van der Waals surface area contributed by atoms with Crippen LogP contribution in [0.15, 0.2) is 170 Å². The zero-order valence-corrected chi connectivity index (χ0v) is 26.9. The minimum absolute atomic E-state index is 0.958. The molecule has 0 aliphatic carbocycles. The Morgan fingerprint density at radius 1 is 0.468 bits per heavy atom. The average Bonchev–Trinajstić information content (AvgIpc) is 3.14. The molecule has 0 radical (unpaired) electrons. The summed E-state index contributed by atoms with van der Waals surface area (Å²) in [4.78, 5) is 0. The molecule has 0 heterocycles. The zero-order valence-electron chi connectivity index (χ0n) is 26.9. The molecule has 0 heteroatoms. The molecule has 47 heavy (non-hydrogen) atoms. The summed E-state index contributed by atoms with van der Waals surface area (Å²) in [7, 11) is 0. The fourth-order valence-electron chi connectivity index (χ4n) is 5.60. The fourth-order valence-corrected chi connectivity index (χ4v) is 5.60. The van der Waals surface area contributed by atoms with Crippen molar-refractivity contribution in [1.82, 2.24) is 0 Å². The van der Waals surface area contributed by atoms with Crippen molar-refractivity contribution in [2.45, 2.75) is 20.3 Å². The Labute approximate surface area is 279 Å². The molecule has 0 aliphatic heterocycles. The molecule has 0 unspecified atom stereocenters. The summed E-state index contributed by atoms with van der Waals surface area (Å²) in [6, 6.07) is 52.8. The molecule has 0 atom stereocenters. The van der Waals surface area contributed by atoms with Crippen molar-refractivity contribution in [3.63, 3.8) is 0 Å². The lowest BCUT2D eigenvalue weighted by Crippen LogP contribution is -1.87. The Morgan fingerprint density at radius 3 is 1.43 bits per heavy atom. The van der Waals surface area contributed by atoms with Crippen LogP contribution in [0.4, 0.5) is 0 Å². The van der Waals surface area contributed by atoms with Crippen molar-refractivity contribution in [2.24, 2.45) is 0 Å². The van der Waals surface area contributed by atoms with Crippen LogP contribution in [-0.4, -0.2) is 0 Å². The molecule has 0 spiro atoms. The number of hydrogen-bond acceptors (Lipinski definition) is 0. The van der Waals surface area contributed by atoms with Gasteiger partial charge in [-0.25, -0.2) is 0 Å². The summed E-state index contributed by atoms with van der Waals surface area (Å²) >= 11 is 0. The largest absolute Gasteiger partial charge is 0.0871 e. The third kappa shape index (κ3) is 7.78. The molecule has 6 aromatic rings. The van der Waals surface area contributed by atoms with E-state index in [1.165, 1.54) is 22.3 Å². The van der Waals surface area contributed by atoms with Gasteiger partial charge in [-0.1, -0.05) is 164 Å². The van der Waals surface area contributed by atoms with Crippen molar-refractivity contribution < 1.29 is 0 Å². The maximum absolute atomic E-state index is 3.41. The van der Waals surface area contributed by atoms with E-state index in [9.17, 15) is 0 Å². The second-order valence-electron chi connectivity index (χ2n) is 11.3. The van der Waals surface area contributed by atoms with Crippen molar-refractivity contribution in [1.29, 1.82) is 0 Å². The molecule has 6 rings (SSSR count). The summed E-state index contributed by atoms with van der Waals surface area (Å²) < 4.78 is 0. The normalized spacial score (nSPS) is 11.0. The summed E-state index contributed by atoms with van der Waals surface area (Å²) in [5.74, 6) is 13.6. The molecule has 6 aromatic carbocycles. The van der Waals surface area contributed by atoms with E-state index in [1.54, 1.807) is 0 Å². The predicted molar refractivity (Wildman–Crippen MR) is 201 cm³/mol. The second-order valence-corrected chi connectivity index (χ2v) is 11.3. The Morgan fingerprint density at radius 2 is 0.915 bits per heavy atom. The maximum Gasteiger partial charge on any atom is 0.0327 e. The van der Waals surface area contributed by atoms with Gasteiger partial charge in [0.25, 0.3) is 0 Å². The summed E-state index contributed by atoms with van der Waals surface area (Å²) in [6.07, 6.45) is 7.52. The van der Waals surface area contributed by atoms with Crippen LogP contribution in [0.2, 0.25) is 0 Å². The summed E-state index contributed by atoms with van der Waals surface area (Å²) in [5, 5.41) is 0. The van der Waals surface area contributed by atoms with Crippen LogP contribution in [0.5, 0.6) is 0 Å². The lowest BCUT2D eigenvalue weighted by Gasteiger charge is -2.08. The molecule has 0 fully saturated rings. The van der Waals surface area contributed by atoms with Crippen molar-refractivity contribution in [3.8, 4) is 57.1 Å². The molecule has 0 N–H and O–H groups in total. The lowest BCUT2D eigenvalue weighted by atomic mass is 9.96. The monoisotopic (exact) mass is 600 g/mol. The standard InChI is InChI=1S/C47H36/c1-3-12-38(13-4-2)40-28-32-44(33-29-40)46-18-10-8-16-42(46)26-24-36-20-22-37(23-21-36)25-27-43-17-9-11-19-47(43)45-34-30-41(31-35-45)39-14-6-5-7-15-39/h3,5-23,28-35H,4H2,1-2H3/b12-3-,38-13+. The first kappa shape index (κ1) is 30.9. The first-order chi connectivity index (χ1) is 23.2. The van der Waals surface area contributed by atoms with Crippen LogP contribution in [0, 0.1) is 23.7 Å². The van der Waals surface area contributed by atoms with Crippen LogP contribution in [0.3, 0.4) is 0 Å². The number of rotatable bonds is 6. The predicted octanol–water partition coefficient (Wildman–Crippen LogP) is 11.9. The van der Waals surface area contributed by atoms with Gasteiger partial charge in [-0.15, -0.1) is 0 Å². The highest BCUT2D eigenvalue weighted by molar-refractivity contribution is 5.78. The highest BCUT2D eigenvalue weighted by atomic mass is 14.1. The maximum atomic E-state index is 3.41. The molecular weight excluding hydrogens is 565 g/mol. The van der Waals surface area contributed by atoms with Crippen LogP contribution >= 0.6 is 0 Å². The van der Waals surface area contributed by atoms with E-state index in [0.29, 0.717) is 0 Å². The van der Waals surface area contributed by atoms with Crippen LogP contribution in [0.1, 0.15) is 48.1 Å². The topological polar surface area (TPSA) is 0 Å². The Hall–Kier alpha value is -6.08. The fraction of sp³-hybridized carbons (Fsp3) is 0.0638. The van der Waals surface area contributed by atoms with E-state index in [0.717, 1.165) is 50.9 Å². The molecule has 0 nitrogen and oxygen atoms in total. The van der Waals surface area contributed by atoms with E-state index in [-0.39, 0.29) is 0 Å². The molecule has 0 saturated heterocycles. The van der Waals surface area contributed by atoms with Gasteiger partial charge in [0.1, 0.15) is 0 Å². The van der Waals surface area contributed by atoms with Gasteiger partial charge >= 0.3 is 0 Å². The number of allylic oxidation sites excluding steroid dienone is 4. The van der Waals surface area contributed by atoms with Crippen molar-refractivity contribution in [3.05, 3.63) is 198 Å². The SMILES string of the molecule is C/C=C\C(=C/CC)c1ccc(-c2ccccc2C#Cc2ccc(C#Cc3ccccc3-c3ccc(-c4ccccc4)cc3)cc2)cc1. The number of hydrogen-bond donors (Lipinski definition) is 0. The smallest absolute Gasteiger partial charge is 0.0327 e. The van der Waals surface area contributed by atoms with Gasteiger partial charge < -0.3 is 0 Å². The third-order valence-electron chi connectivity index (χ3n) is 8.02. The lowest BCUT2D eigenvalue weighted by molar-refractivity contribution is 1.23. The summed E-state index contributed by atoms with van der Waals surface area (Å²) in [5.41, 5.74) is 13.4. The van der Waals surface area contributed by atoms with Gasteiger partial charge in [-0.2, -0.15) is 0 Å². The van der Waals surface area contributed by atoms with Crippen molar-refractivity contribution in [2.75, 3.05) is 0 Å². The Bertz CT molecular complexity index is 2130. The van der Waals surface area contributed by atoms with E-state index < -0.39 is 0 Å². The van der Waals surface area contributed by atoms with Gasteiger partial charge in [-0.3, -0.25) is 0 Å². The molecule has 0 saturated carbocycles. The van der Waals surface area contributed by atoms with E-state index in [2.05, 4.69) is 165 Å². The van der Waals surface area contributed by atoms with Crippen LogP contribution in [0.25, 0.3) is 39.0 Å². The van der Waals surface area contributed by atoms with Gasteiger partial charge in [0.15, 0.2) is 0 Å². The highest BCUT2D eigenvalue weighted by Gasteiger charge is 2.06. The summed E-state index contributed by atoms with van der Waals surface area (Å²) in [6.45, 7) is 4.22. The minimum Gasteiger partial charge on any atom is -0.0871 e. The van der Waals surface area contributed by atoms with Gasteiger partial charge in [0, 0.05) is 22.3 Å². The Kier molecular flexibility index (Phi) is 10.1. The van der Waals surface area contributed by atoms with Gasteiger partial charge in [0.05, 0.1) is 0 Å². The quantitative estimate of drug-likeness (QED) is 0.132. The number of benzene rings is 6. The average molecular weight is 601 g/mol. The Balaban J connectivity index is 1.18. The zero-order chi connectivity index (χ0) is 32.3. The van der Waals surface area contributed by atoms with Gasteiger partial charge in [-0.05, 0) is 94.3 Å². The first-order valence-electron chi connectivity index (χ1n) is 16.1. The molecular formula is C47H36. The van der Waals surface area contributed by atoms with E-state index in [4.69, 9.17) is 0 Å². The second kappa shape index (κ2) is 15.3. The molecule has 0 aromatic heterocycles. The van der Waals surface area contributed by atoms with Crippen molar-refractivity contribution >= 4 is 5.57 Å². The molecule has 224 valence electrons. The van der Waals surface area contributed by atoms with Crippen LogP contribution < -0.4 is 0 Å². The minimum atomic E-state index is 0.958. The van der Waals surface area contributed by atoms with E-state index >= 15 is 0 Å². The highest BCUT2D eigenvalue weighted by Crippen LogP contribution is 2.28. The first-order valence-corrected chi connectivity index (χ1v) is 16.1.